The number of rotatable bonds is 8. The average Bonchev–Trinajstić information content (AvgIpc) is 3.39. The second kappa shape index (κ2) is 18.7. The van der Waals surface area contributed by atoms with Gasteiger partial charge in [0, 0.05) is 12.2 Å². The van der Waals surface area contributed by atoms with Crippen LogP contribution in [0.15, 0.2) is 48.6 Å². The molecule has 8 unspecified atom stereocenters. The van der Waals surface area contributed by atoms with Crippen molar-refractivity contribution in [2.75, 3.05) is 0 Å². The maximum atomic E-state index is 6.74. The molecule has 0 aromatic heterocycles. The van der Waals surface area contributed by atoms with Crippen molar-refractivity contribution in [2.45, 2.75) is 117 Å². The van der Waals surface area contributed by atoms with E-state index in [2.05, 4.69) is 144 Å². The molecular weight excluding hydrogens is 707 g/mol. The monoisotopic (exact) mass is 772 g/mol. The van der Waals surface area contributed by atoms with Gasteiger partial charge in [0.2, 0.25) is 0 Å². The molecule has 0 aromatic rings. The van der Waals surface area contributed by atoms with Gasteiger partial charge in [-0.2, -0.15) is 0 Å². The second-order valence-corrected chi connectivity index (χ2v) is 28.8. The van der Waals surface area contributed by atoms with Gasteiger partial charge >= 0.3 is 37.9 Å². The van der Waals surface area contributed by atoms with Gasteiger partial charge in [-0.05, 0) is 84.6 Å². The molecule has 0 radical (unpaired) electrons. The van der Waals surface area contributed by atoms with Crippen molar-refractivity contribution in [1.29, 1.82) is 0 Å². The minimum absolute atomic E-state index is 0. The first kappa shape index (κ1) is 45.8. The third-order valence-corrected chi connectivity index (χ3v) is 21.6. The molecule has 0 amide bonds. The Morgan fingerprint density at radius 3 is 1.16 bits per heavy atom. The van der Waals surface area contributed by atoms with Crippen LogP contribution in [0.2, 0.25) is 36.3 Å². The van der Waals surface area contributed by atoms with Crippen LogP contribution in [0.25, 0.3) is 0 Å². The summed E-state index contributed by atoms with van der Waals surface area (Å²) in [6.45, 7) is 37.2. The molecule has 0 aliphatic heterocycles. The number of allylic oxidation sites excluding steroid dienone is 8. The Kier molecular flexibility index (Phi) is 19.0. The van der Waals surface area contributed by atoms with Crippen molar-refractivity contribution < 1.29 is 29.7 Å². The molecule has 0 bridgehead atoms. The van der Waals surface area contributed by atoms with Crippen LogP contribution < -0.4 is 0 Å². The van der Waals surface area contributed by atoms with Gasteiger partial charge < -0.3 is 37.6 Å². The van der Waals surface area contributed by atoms with Gasteiger partial charge in [0.05, 0.1) is 0 Å². The third-order valence-electron chi connectivity index (χ3n) is 12.4. The van der Waals surface area contributed by atoms with Gasteiger partial charge in [0.1, 0.15) is 0 Å². The molecule has 262 valence electrons. The maximum absolute atomic E-state index is 6.74. The van der Waals surface area contributed by atoms with E-state index in [1.54, 1.807) is 0 Å². The van der Waals surface area contributed by atoms with Crippen LogP contribution in [0.4, 0.5) is 0 Å². The van der Waals surface area contributed by atoms with Crippen molar-refractivity contribution in [3.8, 4) is 0 Å². The van der Waals surface area contributed by atoms with Crippen LogP contribution in [0.3, 0.4) is 0 Å². The standard InChI is InChI=1S/2C18H31OSi.2CH3.2ClH.Zr/c2*1-13(2)18(4,5)20(6,7)19-17-12-15-10-8-9-11-16(15)14(17)3;;;;;/h2*8-11,13-17H,3,12H2,1-2,4-7H3;2*1H3;2*1H;/q4*-1;;;+2/p-2. The molecular formula is C38H68Cl2O2Si2Zr-4. The fourth-order valence-electron chi connectivity index (χ4n) is 6.84. The molecule has 2 saturated carbocycles. The molecule has 0 aromatic carbocycles. The zero-order valence-electron chi connectivity index (χ0n) is 31.3. The number of hydrogen-bond donors (Lipinski definition) is 0. The van der Waals surface area contributed by atoms with E-state index in [4.69, 9.17) is 25.9 Å². The topological polar surface area (TPSA) is 18.5 Å². The molecule has 0 spiro atoms. The molecule has 7 heteroatoms. The van der Waals surface area contributed by atoms with E-state index in [9.17, 15) is 0 Å². The summed E-state index contributed by atoms with van der Waals surface area (Å²) in [5, 5.41) is 0.568. The van der Waals surface area contributed by atoms with Gasteiger partial charge in [-0.3, -0.25) is 0 Å². The second-order valence-electron chi connectivity index (χ2n) is 16.0. The molecule has 0 N–H and O–H groups in total. The first-order valence-electron chi connectivity index (χ1n) is 16.4. The summed E-state index contributed by atoms with van der Waals surface area (Å²) >= 11 is -0.826. The van der Waals surface area contributed by atoms with Gasteiger partial charge in [-0.1, -0.05) is 104 Å². The normalized spacial score (nSPS) is 30.4. The van der Waals surface area contributed by atoms with Crippen LogP contribution in [0.1, 0.15) is 68.2 Å². The SMILES string of the molecule is [CH2-]C1C(O[Si](C)(C)C(C)(C)C(C)C)CC2C=CC=CC21.[CH2-]C1C(O[Si](C)(C)C(C)(C)C(C)C)CC2C=CC=CC21.[CH3-].[CH3-].[Cl][Zr][Cl]. The van der Waals surface area contributed by atoms with E-state index >= 15 is 0 Å². The molecule has 2 nitrogen and oxygen atoms in total. The fourth-order valence-corrected chi connectivity index (χ4v) is 12.3. The van der Waals surface area contributed by atoms with Gasteiger partial charge in [0.25, 0.3) is 0 Å². The van der Waals surface area contributed by atoms with Crippen molar-refractivity contribution in [3.63, 3.8) is 0 Å². The van der Waals surface area contributed by atoms with E-state index in [1.807, 2.05) is 0 Å². The summed E-state index contributed by atoms with van der Waals surface area (Å²) in [7, 11) is 6.36. The Balaban J connectivity index is 0.000000760. The third kappa shape index (κ3) is 10.9. The summed E-state index contributed by atoms with van der Waals surface area (Å²) in [6, 6.07) is 0. The Hall–Kier alpha value is 0.777. The van der Waals surface area contributed by atoms with Crippen LogP contribution >= 0.6 is 17.0 Å². The van der Waals surface area contributed by atoms with Crippen molar-refractivity contribution >= 4 is 33.7 Å². The summed E-state index contributed by atoms with van der Waals surface area (Å²) in [5.74, 6) is 4.53. The molecule has 4 rings (SSSR count). The summed E-state index contributed by atoms with van der Waals surface area (Å²) in [5.41, 5.74) is 0. The average molecular weight is 775 g/mol. The van der Waals surface area contributed by atoms with E-state index in [-0.39, 0.29) is 24.9 Å². The molecule has 2 fully saturated rings. The fraction of sp³-hybridized carbons (Fsp3) is 0.684. The zero-order valence-corrected chi connectivity index (χ0v) is 37.3. The summed E-state index contributed by atoms with van der Waals surface area (Å²) in [6.07, 6.45) is 21.0. The minimum atomic E-state index is -1.75. The molecule has 0 saturated heterocycles. The number of fused-ring (bicyclic) bond motifs is 2. The predicted octanol–water partition coefficient (Wildman–Crippen LogP) is 12.7. The van der Waals surface area contributed by atoms with Crippen molar-refractivity contribution in [1.82, 2.24) is 0 Å². The summed E-state index contributed by atoms with van der Waals surface area (Å²) < 4.78 is 13.5. The Labute approximate surface area is 302 Å². The molecule has 0 heterocycles. The van der Waals surface area contributed by atoms with E-state index < -0.39 is 37.5 Å². The van der Waals surface area contributed by atoms with Gasteiger partial charge in [-0.15, -0.1) is 11.8 Å². The van der Waals surface area contributed by atoms with Crippen molar-refractivity contribution in [2.24, 2.45) is 47.3 Å². The first-order chi connectivity index (χ1) is 19.7. The van der Waals surface area contributed by atoms with E-state index in [0.717, 1.165) is 12.8 Å². The van der Waals surface area contributed by atoms with Gasteiger partial charge in [-0.25, -0.2) is 0 Å². The number of hydrogen-bond acceptors (Lipinski definition) is 2. The Morgan fingerprint density at radius 1 is 0.644 bits per heavy atom. The number of halogens is 2. The molecule has 45 heavy (non-hydrogen) atoms. The van der Waals surface area contributed by atoms with E-state index in [0.29, 0.717) is 59.6 Å². The Morgan fingerprint density at radius 2 is 0.911 bits per heavy atom. The van der Waals surface area contributed by atoms with Crippen LogP contribution in [-0.4, -0.2) is 28.8 Å². The van der Waals surface area contributed by atoms with Crippen LogP contribution in [0, 0.1) is 76.0 Å². The zero-order chi connectivity index (χ0) is 33.0. The molecule has 4 aliphatic rings. The summed E-state index contributed by atoms with van der Waals surface area (Å²) in [4.78, 5) is 0. The molecule has 4 aliphatic carbocycles. The molecule has 8 atom stereocenters. The van der Waals surface area contributed by atoms with Crippen molar-refractivity contribution in [3.05, 3.63) is 77.3 Å². The Bertz CT molecular complexity index is 924. The van der Waals surface area contributed by atoms with Gasteiger partial charge in [0.15, 0.2) is 16.6 Å². The quantitative estimate of drug-likeness (QED) is 0.181. The van der Waals surface area contributed by atoms with Crippen LogP contribution in [0.5, 0.6) is 0 Å². The first-order valence-corrected chi connectivity index (χ1v) is 28.6. The predicted molar refractivity (Wildman–Crippen MR) is 204 cm³/mol. The van der Waals surface area contributed by atoms with E-state index in [1.165, 1.54) is 0 Å². The van der Waals surface area contributed by atoms with Crippen LogP contribution in [-0.2, 0) is 29.7 Å².